The normalized spacial score (nSPS) is 11.8. The molecule has 4 heteroatoms. The summed E-state index contributed by atoms with van der Waals surface area (Å²) in [4.78, 5) is 24.6. The average molecular weight is 326 g/mol. The van der Waals surface area contributed by atoms with Crippen LogP contribution in [0, 0.1) is 5.92 Å². The van der Waals surface area contributed by atoms with Gasteiger partial charge in [-0.05, 0) is 30.5 Å². The van der Waals surface area contributed by atoms with Gasteiger partial charge in [-0.1, -0.05) is 56.3 Å². The first-order valence-electron chi connectivity index (χ1n) is 8.01. The van der Waals surface area contributed by atoms with E-state index >= 15 is 0 Å². The van der Waals surface area contributed by atoms with Crippen molar-refractivity contribution in [1.82, 2.24) is 0 Å². The second-order valence-electron chi connectivity index (χ2n) is 6.04. The number of hydrogen-bond donors (Lipinski definition) is 0. The minimum Gasteiger partial charge on any atom is -0.492 e. The molecule has 24 heavy (non-hydrogen) atoms. The number of carbonyl (C=O) groups excluding carboxylic acids is 2. The summed E-state index contributed by atoms with van der Waals surface area (Å²) in [5.41, 5.74) is 1.06. The lowest BCUT2D eigenvalue weighted by atomic mass is 10.0. The molecule has 0 aliphatic heterocycles. The van der Waals surface area contributed by atoms with Gasteiger partial charge in [0.05, 0.1) is 12.5 Å². The van der Waals surface area contributed by atoms with Gasteiger partial charge < -0.3 is 9.47 Å². The number of esters is 2. The van der Waals surface area contributed by atoms with Crippen LogP contribution in [0.1, 0.15) is 42.6 Å². The molecule has 0 unspecified atom stereocenters. The predicted molar refractivity (Wildman–Crippen MR) is 92.1 cm³/mol. The Bertz CT molecular complexity index is 692. The topological polar surface area (TPSA) is 52.6 Å². The van der Waals surface area contributed by atoms with Crippen molar-refractivity contribution in [3.8, 4) is 5.75 Å². The molecule has 0 N–H and O–H groups in total. The van der Waals surface area contributed by atoms with Crippen LogP contribution in [0.2, 0.25) is 0 Å². The van der Waals surface area contributed by atoms with E-state index in [9.17, 15) is 9.59 Å². The third-order valence-electron chi connectivity index (χ3n) is 3.53. The summed E-state index contributed by atoms with van der Waals surface area (Å²) in [6.07, 6.45) is 0. The quantitative estimate of drug-likeness (QED) is 0.589. The summed E-state index contributed by atoms with van der Waals surface area (Å²) >= 11 is 0. The van der Waals surface area contributed by atoms with Crippen molar-refractivity contribution in [3.05, 3.63) is 65.7 Å². The number of para-hydroxylation sites is 1. The largest absolute Gasteiger partial charge is 0.492 e. The monoisotopic (exact) mass is 326 g/mol. The molecule has 0 radical (unpaired) electrons. The summed E-state index contributed by atoms with van der Waals surface area (Å²) in [6, 6.07) is 16.0. The Labute approximate surface area is 142 Å². The highest BCUT2D eigenvalue weighted by molar-refractivity contribution is 6.00. The lowest BCUT2D eigenvalue weighted by Gasteiger charge is -2.14. The van der Waals surface area contributed by atoms with Gasteiger partial charge in [-0.25, -0.2) is 4.79 Å². The first-order chi connectivity index (χ1) is 11.5. The lowest BCUT2D eigenvalue weighted by Crippen LogP contribution is -2.19. The molecule has 0 bridgehead atoms. The van der Waals surface area contributed by atoms with E-state index in [0.717, 1.165) is 5.56 Å². The van der Waals surface area contributed by atoms with Crippen molar-refractivity contribution in [2.45, 2.75) is 26.7 Å². The zero-order valence-corrected chi connectivity index (χ0v) is 14.2. The minimum absolute atomic E-state index is 0.256. The van der Waals surface area contributed by atoms with Crippen LogP contribution in [0.5, 0.6) is 5.75 Å². The van der Waals surface area contributed by atoms with E-state index in [2.05, 4.69) is 0 Å². The summed E-state index contributed by atoms with van der Waals surface area (Å²) < 4.78 is 10.7. The highest BCUT2D eigenvalue weighted by atomic mass is 16.6. The van der Waals surface area contributed by atoms with E-state index in [4.69, 9.17) is 9.47 Å². The van der Waals surface area contributed by atoms with Crippen LogP contribution in [0.25, 0.3) is 0 Å². The molecule has 1 atom stereocenters. The van der Waals surface area contributed by atoms with Gasteiger partial charge in [0.1, 0.15) is 11.3 Å². The summed E-state index contributed by atoms with van der Waals surface area (Å²) in [6.45, 7) is 6.24. The van der Waals surface area contributed by atoms with Crippen LogP contribution in [-0.2, 0) is 9.53 Å². The zero-order chi connectivity index (χ0) is 17.5. The summed E-state index contributed by atoms with van der Waals surface area (Å²) in [7, 11) is 0. The molecule has 0 aliphatic rings. The molecule has 0 saturated heterocycles. The zero-order valence-electron chi connectivity index (χ0n) is 14.2. The first-order valence-corrected chi connectivity index (χ1v) is 8.01. The van der Waals surface area contributed by atoms with E-state index in [1.807, 2.05) is 44.2 Å². The van der Waals surface area contributed by atoms with Crippen LogP contribution in [0.4, 0.5) is 0 Å². The maximum Gasteiger partial charge on any atom is 0.349 e. The molecule has 0 heterocycles. The van der Waals surface area contributed by atoms with Crippen molar-refractivity contribution >= 4 is 11.9 Å². The number of hydrogen-bond acceptors (Lipinski definition) is 4. The number of carbonyl (C=O) groups is 2. The highest BCUT2D eigenvalue weighted by Gasteiger charge is 2.22. The molecule has 126 valence electrons. The fourth-order valence-corrected chi connectivity index (χ4v) is 2.13. The molecular weight excluding hydrogens is 304 g/mol. The third kappa shape index (κ3) is 4.69. The van der Waals surface area contributed by atoms with E-state index in [0.29, 0.717) is 18.3 Å². The van der Waals surface area contributed by atoms with Gasteiger partial charge in [0.15, 0.2) is 0 Å². The van der Waals surface area contributed by atoms with Gasteiger partial charge in [0.25, 0.3) is 0 Å². The predicted octanol–water partition coefficient (Wildman–Crippen LogP) is 4.21. The van der Waals surface area contributed by atoms with Crippen molar-refractivity contribution in [2.75, 3.05) is 6.61 Å². The number of ether oxygens (including phenoxy) is 2. The molecule has 0 spiro atoms. The Hall–Kier alpha value is -2.62. The maximum absolute atomic E-state index is 12.3. The molecule has 0 aromatic heterocycles. The van der Waals surface area contributed by atoms with E-state index < -0.39 is 17.9 Å². The minimum atomic E-state index is -0.692. The molecule has 2 aromatic carbocycles. The van der Waals surface area contributed by atoms with E-state index in [1.165, 1.54) is 0 Å². The van der Waals surface area contributed by atoms with Gasteiger partial charge in [-0.3, -0.25) is 4.79 Å². The Balaban J connectivity index is 2.08. The SMILES string of the molecule is CC(C)COc1ccccc1C(=O)OC(=O)[C@@H](C)c1ccccc1. The Kier molecular flexibility index (Phi) is 6.13. The van der Waals surface area contributed by atoms with Crippen LogP contribution in [0.3, 0.4) is 0 Å². The Morgan fingerprint density at radius 1 is 0.917 bits per heavy atom. The number of rotatable bonds is 6. The lowest BCUT2D eigenvalue weighted by molar-refractivity contribution is -0.139. The highest BCUT2D eigenvalue weighted by Crippen LogP contribution is 2.22. The van der Waals surface area contributed by atoms with Gasteiger partial charge in [-0.2, -0.15) is 0 Å². The fourth-order valence-electron chi connectivity index (χ4n) is 2.13. The van der Waals surface area contributed by atoms with Crippen molar-refractivity contribution in [3.63, 3.8) is 0 Å². The second-order valence-corrected chi connectivity index (χ2v) is 6.04. The van der Waals surface area contributed by atoms with E-state index in [-0.39, 0.29) is 5.56 Å². The van der Waals surface area contributed by atoms with Gasteiger partial charge in [0.2, 0.25) is 0 Å². The van der Waals surface area contributed by atoms with Crippen LogP contribution in [0.15, 0.2) is 54.6 Å². The van der Waals surface area contributed by atoms with Crippen molar-refractivity contribution < 1.29 is 19.1 Å². The third-order valence-corrected chi connectivity index (χ3v) is 3.53. The van der Waals surface area contributed by atoms with Crippen LogP contribution < -0.4 is 4.74 Å². The summed E-state index contributed by atoms with van der Waals surface area (Å²) in [5, 5.41) is 0. The summed E-state index contributed by atoms with van der Waals surface area (Å²) in [5.74, 6) is -1.03. The van der Waals surface area contributed by atoms with Crippen LogP contribution in [-0.4, -0.2) is 18.5 Å². The number of benzene rings is 2. The molecule has 2 aromatic rings. The Morgan fingerprint density at radius 3 is 2.21 bits per heavy atom. The molecular formula is C20H22O4. The first kappa shape index (κ1) is 17.7. The Morgan fingerprint density at radius 2 is 1.54 bits per heavy atom. The standard InChI is InChI=1S/C20H22O4/c1-14(2)13-23-18-12-8-7-11-17(18)20(22)24-19(21)15(3)16-9-5-4-6-10-16/h4-12,14-15H,13H2,1-3H3/t15-/m0/s1. The molecule has 4 nitrogen and oxygen atoms in total. The van der Waals surface area contributed by atoms with Gasteiger partial charge in [0, 0.05) is 0 Å². The van der Waals surface area contributed by atoms with Gasteiger partial charge in [-0.15, -0.1) is 0 Å². The average Bonchev–Trinajstić information content (AvgIpc) is 2.60. The van der Waals surface area contributed by atoms with Crippen molar-refractivity contribution in [1.29, 1.82) is 0 Å². The van der Waals surface area contributed by atoms with Gasteiger partial charge >= 0.3 is 11.9 Å². The molecule has 0 amide bonds. The fraction of sp³-hybridized carbons (Fsp3) is 0.300. The maximum atomic E-state index is 12.3. The molecule has 0 fully saturated rings. The van der Waals surface area contributed by atoms with Crippen molar-refractivity contribution in [2.24, 2.45) is 5.92 Å². The second kappa shape index (κ2) is 8.29. The molecule has 2 rings (SSSR count). The molecule has 0 aliphatic carbocycles. The molecule has 0 saturated carbocycles. The van der Waals surface area contributed by atoms with E-state index in [1.54, 1.807) is 31.2 Å². The smallest absolute Gasteiger partial charge is 0.349 e. The van der Waals surface area contributed by atoms with Crippen LogP contribution >= 0.6 is 0 Å².